The van der Waals surface area contributed by atoms with Crippen LogP contribution in [-0.4, -0.2) is 42.4 Å². The van der Waals surface area contributed by atoms with Crippen LogP contribution >= 0.6 is 11.6 Å². The van der Waals surface area contributed by atoms with Gasteiger partial charge >= 0.3 is 0 Å². The van der Waals surface area contributed by atoms with Crippen molar-refractivity contribution in [2.24, 2.45) is 5.84 Å². The summed E-state index contributed by atoms with van der Waals surface area (Å²) in [6.07, 6.45) is -0.894. The van der Waals surface area contributed by atoms with E-state index in [0.717, 1.165) is 4.31 Å². The third-order valence-electron chi connectivity index (χ3n) is 3.10. The van der Waals surface area contributed by atoms with Crippen molar-refractivity contribution >= 4 is 27.5 Å². The lowest BCUT2D eigenvalue weighted by Gasteiger charge is -2.22. The second-order valence-electron chi connectivity index (χ2n) is 4.44. The number of hydrogen-bond donors (Lipinski definition) is 3. The predicted molar refractivity (Wildman–Crippen MR) is 72.1 cm³/mol. The van der Waals surface area contributed by atoms with Gasteiger partial charge in [-0.05, 0) is 24.3 Å². The normalized spacial score (nSPS) is 23.8. The molecule has 0 aliphatic carbocycles. The van der Waals surface area contributed by atoms with Gasteiger partial charge in [-0.2, -0.15) is 4.31 Å². The van der Waals surface area contributed by atoms with Gasteiger partial charge in [0, 0.05) is 18.0 Å². The summed E-state index contributed by atoms with van der Waals surface area (Å²) < 4.78 is 25.9. The molecule has 1 saturated heterocycles. The fourth-order valence-corrected chi connectivity index (χ4v) is 3.89. The van der Waals surface area contributed by atoms with Gasteiger partial charge in [-0.25, -0.2) is 14.3 Å². The molecule has 0 radical (unpaired) electrons. The number of nitrogens with zero attached hydrogens (tertiary/aromatic N) is 1. The van der Waals surface area contributed by atoms with Crippen LogP contribution in [0.4, 0.5) is 0 Å². The van der Waals surface area contributed by atoms with Crippen LogP contribution in [0.15, 0.2) is 29.2 Å². The van der Waals surface area contributed by atoms with Crippen LogP contribution in [0, 0.1) is 0 Å². The predicted octanol–water partition coefficient (Wildman–Crippen LogP) is -0.546. The van der Waals surface area contributed by atoms with Gasteiger partial charge in [0.25, 0.3) is 5.91 Å². The number of hydrogen-bond acceptors (Lipinski definition) is 5. The Morgan fingerprint density at radius 1 is 1.40 bits per heavy atom. The van der Waals surface area contributed by atoms with Gasteiger partial charge in [-0.1, -0.05) is 11.6 Å². The number of β-amino-alcohol motifs (C(OH)–C–C–N with tert-alkyl or cyclic N) is 1. The zero-order valence-corrected chi connectivity index (χ0v) is 11.9. The van der Waals surface area contributed by atoms with Crippen molar-refractivity contribution in [3.8, 4) is 0 Å². The molecule has 1 aromatic carbocycles. The van der Waals surface area contributed by atoms with Crippen molar-refractivity contribution < 1.29 is 18.3 Å². The Morgan fingerprint density at radius 3 is 2.55 bits per heavy atom. The molecule has 1 fully saturated rings. The van der Waals surface area contributed by atoms with Crippen molar-refractivity contribution in [1.29, 1.82) is 0 Å². The summed E-state index contributed by atoms with van der Waals surface area (Å²) in [5.41, 5.74) is 1.91. The molecular formula is C11H14ClN3O4S. The smallest absolute Gasteiger partial charge is 0.252 e. The molecule has 0 bridgehead atoms. The Labute approximate surface area is 121 Å². The molecule has 20 heavy (non-hydrogen) atoms. The number of amides is 1. The van der Waals surface area contributed by atoms with Crippen LogP contribution < -0.4 is 11.3 Å². The molecule has 0 saturated carbocycles. The third kappa shape index (κ3) is 2.79. The maximum atomic E-state index is 12.5. The molecule has 2 rings (SSSR count). The zero-order chi connectivity index (χ0) is 14.9. The number of carbonyl (C=O) groups is 1. The first-order valence-electron chi connectivity index (χ1n) is 5.82. The maximum Gasteiger partial charge on any atom is 0.252 e. The molecular weight excluding hydrogens is 306 g/mol. The molecule has 1 aliphatic heterocycles. The number of carbonyl (C=O) groups excluding carboxylic acids is 1. The zero-order valence-electron chi connectivity index (χ0n) is 10.4. The number of benzene rings is 1. The molecule has 2 atom stereocenters. The lowest BCUT2D eigenvalue weighted by molar-refractivity contribution is -0.124. The van der Waals surface area contributed by atoms with E-state index >= 15 is 0 Å². The van der Waals surface area contributed by atoms with Crippen molar-refractivity contribution in [2.75, 3.05) is 6.54 Å². The fourth-order valence-electron chi connectivity index (χ4n) is 2.13. The third-order valence-corrected chi connectivity index (χ3v) is 5.24. The van der Waals surface area contributed by atoms with E-state index < -0.39 is 28.1 Å². The summed E-state index contributed by atoms with van der Waals surface area (Å²) in [4.78, 5) is 11.6. The molecule has 0 unspecified atom stereocenters. The molecule has 7 nitrogen and oxygen atoms in total. The van der Waals surface area contributed by atoms with E-state index in [-0.39, 0.29) is 17.9 Å². The Hall–Kier alpha value is -1.19. The number of aliphatic hydroxyl groups excluding tert-OH is 1. The van der Waals surface area contributed by atoms with E-state index in [0.29, 0.717) is 5.02 Å². The summed E-state index contributed by atoms with van der Waals surface area (Å²) in [6.45, 7) is -0.150. The number of hydrazine groups is 1. The fraction of sp³-hybridized carbons (Fsp3) is 0.364. The summed E-state index contributed by atoms with van der Waals surface area (Å²) in [7, 11) is -3.89. The summed E-state index contributed by atoms with van der Waals surface area (Å²) in [6, 6.07) is 4.56. The number of sulfonamides is 1. The highest BCUT2D eigenvalue weighted by Crippen LogP contribution is 2.27. The molecule has 1 aromatic rings. The highest BCUT2D eigenvalue weighted by molar-refractivity contribution is 7.89. The first kappa shape index (κ1) is 15.2. The quantitative estimate of drug-likeness (QED) is 0.393. The number of nitrogens with two attached hydrogens (primary N) is 1. The van der Waals surface area contributed by atoms with Crippen molar-refractivity contribution in [1.82, 2.24) is 9.73 Å². The van der Waals surface area contributed by atoms with E-state index in [2.05, 4.69) is 0 Å². The molecule has 1 heterocycles. The molecule has 1 amide bonds. The van der Waals surface area contributed by atoms with E-state index in [9.17, 15) is 18.3 Å². The Kier molecular flexibility index (Phi) is 4.31. The minimum absolute atomic E-state index is 0.00539. The molecule has 0 aromatic heterocycles. The molecule has 110 valence electrons. The number of aliphatic hydroxyl groups is 1. The lowest BCUT2D eigenvalue weighted by atomic mass is 10.2. The first-order chi connectivity index (χ1) is 9.36. The van der Waals surface area contributed by atoms with Gasteiger partial charge in [0.2, 0.25) is 10.0 Å². The van der Waals surface area contributed by atoms with Gasteiger partial charge in [-0.15, -0.1) is 0 Å². The van der Waals surface area contributed by atoms with Gasteiger partial charge in [0.15, 0.2) is 0 Å². The van der Waals surface area contributed by atoms with Crippen LogP contribution in [0.3, 0.4) is 0 Å². The Bertz CT molecular complexity index is 605. The summed E-state index contributed by atoms with van der Waals surface area (Å²) >= 11 is 5.72. The van der Waals surface area contributed by atoms with Gasteiger partial charge in [0.1, 0.15) is 6.04 Å². The van der Waals surface area contributed by atoms with Gasteiger partial charge in [-0.3, -0.25) is 10.2 Å². The van der Waals surface area contributed by atoms with Crippen molar-refractivity contribution in [2.45, 2.75) is 23.5 Å². The summed E-state index contributed by atoms with van der Waals surface area (Å²) in [5, 5.41) is 10.0. The van der Waals surface area contributed by atoms with E-state index in [1.54, 1.807) is 0 Å². The van der Waals surface area contributed by atoms with Crippen LogP contribution in [-0.2, 0) is 14.8 Å². The number of rotatable bonds is 3. The summed E-state index contributed by atoms with van der Waals surface area (Å²) in [5.74, 6) is 4.39. The maximum absolute atomic E-state index is 12.5. The van der Waals surface area contributed by atoms with E-state index in [1.165, 1.54) is 24.3 Å². The monoisotopic (exact) mass is 319 g/mol. The molecule has 9 heteroatoms. The van der Waals surface area contributed by atoms with Crippen LogP contribution in [0.5, 0.6) is 0 Å². The molecule has 0 spiro atoms. The van der Waals surface area contributed by atoms with Gasteiger partial charge < -0.3 is 5.11 Å². The van der Waals surface area contributed by atoms with E-state index in [1.807, 2.05) is 5.43 Å². The first-order valence-corrected chi connectivity index (χ1v) is 7.64. The largest absolute Gasteiger partial charge is 0.392 e. The average molecular weight is 320 g/mol. The SMILES string of the molecule is NNC(=O)[C@H]1C[C@H](O)CN1S(=O)(=O)c1ccc(Cl)cc1. The van der Waals surface area contributed by atoms with Crippen LogP contribution in [0.2, 0.25) is 5.02 Å². The molecule has 4 N–H and O–H groups in total. The minimum atomic E-state index is -3.89. The highest BCUT2D eigenvalue weighted by Gasteiger charge is 2.43. The topological polar surface area (TPSA) is 113 Å². The lowest BCUT2D eigenvalue weighted by Crippen LogP contribution is -2.47. The van der Waals surface area contributed by atoms with E-state index in [4.69, 9.17) is 17.4 Å². The van der Waals surface area contributed by atoms with Crippen LogP contribution in [0.1, 0.15) is 6.42 Å². The highest BCUT2D eigenvalue weighted by atomic mass is 35.5. The van der Waals surface area contributed by atoms with Crippen molar-refractivity contribution in [3.63, 3.8) is 0 Å². The second kappa shape index (κ2) is 5.66. The average Bonchev–Trinajstić information content (AvgIpc) is 2.81. The Balaban J connectivity index is 2.37. The second-order valence-corrected chi connectivity index (χ2v) is 6.77. The van der Waals surface area contributed by atoms with Crippen molar-refractivity contribution in [3.05, 3.63) is 29.3 Å². The number of halogens is 1. The Morgan fingerprint density at radius 2 is 2.00 bits per heavy atom. The standard InChI is InChI=1S/C11H14ClN3O4S/c12-7-1-3-9(4-2-7)20(18,19)15-6-8(16)5-10(15)11(17)14-13/h1-4,8,10,16H,5-6,13H2,(H,14,17)/t8-,10+/m0/s1. The van der Waals surface area contributed by atoms with Crippen LogP contribution in [0.25, 0.3) is 0 Å². The van der Waals surface area contributed by atoms with Gasteiger partial charge in [0.05, 0.1) is 11.0 Å². The molecule has 1 aliphatic rings. The minimum Gasteiger partial charge on any atom is -0.392 e. The number of nitrogens with one attached hydrogen (secondary N) is 1.